The molecule has 0 saturated heterocycles. The smallest absolute Gasteiger partial charge is 0.411 e. The fourth-order valence-corrected chi connectivity index (χ4v) is 0.851. The number of hydrogen-bond acceptors (Lipinski definition) is 4. The van der Waals surface area contributed by atoms with E-state index in [2.05, 4.69) is 10.1 Å². The Balaban J connectivity index is 4.22. The molecule has 0 bridgehead atoms. The van der Waals surface area contributed by atoms with Crippen LogP contribution in [0.2, 0.25) is 0 Å². The molecule has 0 aliphatic rings. The first-order valence-corrected chi connectivity index (χ1v) is 4.95. The summed E-state index contributed by atoms with van der Waals surface area (Å²) in [6.45, 7) is 5.85. The van der Waals surface area contributed by atoms with Crippen molar-refractivity contribution >= 4 is 12.1 Å². The molecule has 0 aromatic carbocycles. The van der Waals surface area contributed by atoms with Crippen LogP contribution in [0.15, 0.2) is 11.8 Å². The number of nitrogens with one attached hydrogen (secondary N) is 1. The van der Waals surface area contributed by atoms with E-state index in [1.165, 1.54) is 6.08 Å². The van der Waals surface area contributed by atoms with Gasteiger partial charge in [-0.2, -0.15) is 0 Å². The van der Waals surface area contributed by atoms with Crippen molar-refractivity contribution in [2.75, 3.05) is 13.2 Å². The van der Waals surface area contributed by atoms with Crippen molar-refractivity contribution in [2.24, 2.45) is 0 Å². The van der Waals surface area contributed by atoms with E-state index < -0.39 is 12.1 Å². The van der Waals surface area contributed by atoms with Crippen LogP contribution in [0, 0.1) is 0 Å². The van der Waals surface area contributed by atoms with Crippen molar-refractivity contribution in [1.82, 2.24) is 5.32 Å². The molecule has 0 rings (SSSR count). The molecule has 5 nitrogen and oxygen atoms in total. The largest absolute Gasteiger partial charge is 0.463 e. The van der Waals surface area contributed by atoms with E-state index in [-0.39, 0.29) is 0 Å². The zero-order chi connectivity index (χ0) is 11.7. The molecule has 0 aromatic rings. The summed E-state index contributed by atoms with van der Waals surface area (Å²) >= 11 is 0. The van der Waals surface area contributed by atoms with E-state index in [1.54, 1.807) is 13.8 Å². The summed E-state index contributed by atoms with van der Waals surface area (Å²) in [6, 6.07) is 0. The molecule has 86 valence electrons. The maximum Gasteiger partial charge on any atom is 0.411 e. The minimum absolute atomic E-state index is 0.294. The minimum atomic E-state index is -0.560. The zero-order valence-electron chi connectivity index (χ0n) is 9.33. The summed E-state index contributed by atoms with van der Waals surface area (Å²) in [5.74, 6) is -0.467. The van der Waals surface area contributed by atoms with Gasteiger partial charge >= 0.3 is 12.1 Å². The minimum Gasteiger partial charge on any atom is -0.463 e. The van der Waals surface area contributed by atoms with Gasteiger partial charge in [0.2, 0.25) is 0 Å². The fourth-order valence-electron chi connectivity index (χ4n) is 0.851. The van der Waals surface area contributed by atoms with E-state index in [9.17, 15) is 9.59 Å². The Morgan fingerprint density at radius 1 is 1.13 bits per heavy atom. The Bertz CT molecular complexity index is 248. The number of allylic oxidation sites excluding steroid dienone is 1. The van der Waals surface area contributed by atoms with Crippen LogP contribution in [0.3, 0.4) is 0 Å². The van der Waals surface area contributed by atoms with Gasteiger partial charge in [-0.3, -0.25) is 5.32 Å². The van der Waals surface area contributed by atoms with Gasteiger partial charge in [-0.25, -0.2) is 9.59 Å². The van der Waals surface area contributed by atoms with Crippen LogP contribution in [0.25, 0.3) is 0 Å². The standard InChI is InChI=1S/C10H17NO4/c1-4-8(7-9(12)14-5-2)11-10(13)15-6-3/h7H,4-6H2,1-3H3,(H,11,13). The molecule has 0 aliphatic carbocycles. The highest BCUT2D eigenvalue weighted by molar-refractivity contribution is 5.83. The summed E-state index contributed by atoms with van der Waals surface area (Å²) in [4.78, 5) is 22.1. The van der Waals surface area contributed by atoms with E-state index in [0.717, 1.165) is 0 Å². The second-order valence-electron chi connectivity index (χ2n) is 2.62. The molecule has 0 fully saturated rings. The molecular weight excluding hydrogens is 198 g/mol. The highest BCUT2D eigenvalue weighted by atomic mass is 16.5. The number of esters is 1. The second-order valence-corrected chi connectivity index (χ2v) is 2.62. The quantitative estimate of drug-likeness (QED) is 0.558. The van der Waals surface area contributed by atoms with E-state index in [0.29, 0.717) is 25.3 Å². The fraction of sp³-hybridized carbons (Fsp3) is 0.600. The first-order chi connectivity index (χ1) is 7.13. The summed E-state index contributed by atoms with van der Waals surface area (Å²) in [6.07, 6.45) is 1.22. The van der Waals surface area contributed by atoms with Crippen molar-refractivity contribution in [2.45, 2.75) is 27.2 Å². The van der Waals surface area contributed by atoms with E-state index in [1.807, 2.05) is 6.92 Å². The monoisotopic (exact) mass is 215 g/mol. The first-order valence-electron chi connectivity index (χ1n) is 4.95. The molecule has 0 aliphatic heterocycles. The third-order valence-corrected chi connectivity index (χ3v) is 1.50. The van der Waals surface area contributed by atoms with E-state index in [4.69, 9.17) is 4.74 Å². The molecule has 5 heteroatoms. The number of carbonyl (C=O) groups is 2. The lowest BCUT2D eigenvalue weighted by Gasteiger charge is -2.07. The number of alkyl carbamates (subject to hydrolysis) is 1. The SMILES string of the molecule is CCOC(=O)C=C(CC)NC(=O)OCC. The van der Waals surface area contributed by atoms with Gasteiger partial charge in [-0.15, -0.1) is 0 Å². The van der Waals surface area contributed by atoms with Gasteiger partial charge in [0.25, 0.3) is 0 Å². The van der Waals surface area contributed by atoms with Crippen LogP contribution in [0.4, 0.5) is 4.79 Å². The van der Waals surface area contributed by atoms with Gasteiger partial charge in [-0.1, -0.05) is 6.92 Å². The summed E-state index contributed by atoms with van der Waals surface area (Å²) < 4.78 is 9.38. The van der Waals surface area contributed by atoms with Crippen LogP contribution in [-0.2, 0) is 14.3 Å². The number of ether oxygens (including phenoxy) is 2. The third kappa shape index (κ3) is 6.54. The predicted octanol–water partition coefficient (Wildman–Crippen LogP) is 1.59. The molecule has 0 unspecified atom stereocenters. The molecule has 0 atom stereocenters. The van der Waals surface area contributed by atoms with Crippen molar-refractivity contribution in [3.05, 3.63) is 11.8 Å². The molecule has 0 saturated carbocycles. The topological polar surface area (TPSA) is 64.6 Å². The Morgan fingerprint density at radius 3 is 2.20 bits per heavy atom. The van der Waals surface area contributed by atoms with Crippen molar-refractivity contribution in [3.8, 4) is 0 Å². The van der Waals surface area contributed by atoms with Gasteiger partial charge in [0.05, 0.1) is 13.2 Å². The predicted molar refractivity (Wildman–Crippen MR) is 55.2 cm³/mol. The molecule has 1 amide bonds. The van der Waals surface area contributed by atoms with Crippen LogP contribution >= 0.6 is 0 Å². The van der Waals surface area contributed by atoms with Crippen molar-refractivity contribution in [1.29, 1.82) is 0 Å². The van der Waals surface area contributed by atoms with Gasteiger partial charge in [-0.05, 0) is 20.3 Å². The lowest BCUT2D eigenvalue weighted by atomic mass is 10.3. The molecule has 0 radical (unpaired) electrons. The van der Waals surface area contributed by atoms with Crippen LogP contribution in [0.5, 0.6) is 0 Å². The van der Waals surface area contributed by atoms with Gasteiger partial charge < -0.3 is 9.47 Å². The molecule has 1 N–H and O–H groups in total. The second kappa shape index (κ2) is 7.84. The number of carbonyl (C=O) groups excluding carboxylic acids is 2. The van der Waals surface area contributed by atoms with Crippen LogP contribution in [-0.4, -0.2) is 25.3 Å². The maximum atomic E-state index is 11.1. The van der Waals surface area contributed by atoms with Crippen molar-refractivity contribution in [3.63, 3.8) is 0 Å². The van der Waals surface area contributed by atoms with Crippen molar-refractivity contribution < 1.29 is 19.1 Å². The number of rotatable bonds is 5. The van der Waals surface area contributed by atoms with Gasteiger partial charge in [0.1, 0.15) is 0 Å². The average Bonchev–Trinajstić information content (AvgIpc) is 2.17. The molecule has 0 heterocycles. The lowest BCUT2D eigenvalue weighted by molar-refractivity contribution is -0.137. The normalized spacial score (nSPS) is 10.7. The maximum absolute atomic E-state index is 11.1. The highest BCUT2D eigenvalue weighted by Crippen LogP contribution is 1.97. The van der Waals surface area contributed by atoms with Crippen LogP contribution < -0.4 is 5.32 Å². The Kier molecular flexibility index (Phi) is 7.05. The highest BCUT2D eigenvalue weighted by Gasteiger charge is 2.05. The molecule has 0 aromatic heterocycles. The zero-order valence-corrected chi connectivity index (χ0v) is 9.33. The lowest BCUT2D eigenvalue weighted by Crippen LogP contribution is -2.24. The summed E-state index contributed by atoms with van der Waals surface area (Å²) in [5, 5.41) is 2.46. The third-order valence-electron chi connectivity index (χ3n) is 1.50. The Hall–Kier alpha value is -1.52. The molecule has 15 heavy (non-hydrogen) atoms. The van der Waals surface area contributed by atoms with Crippen LogP contribution in [0.1, 0.15) is 27.2 Å². The van der Waals surface area contributed by atoms with Gasteiger partial charge in [0.15, 0.2) is 0 Å². The Morgan fingerprint density at radius 2 is 1.73 bits per heavy atom. The number of amides is 1. The molecular formula is C10H17NO4. The molecule has 0 spiro atoms. The summed E-state index contributed by atoms with van der Waals surface area (Å²) in [5.41, 5.74) is 0.479. The average molecular weight is 215 g/mol. The Labute approximate surface area is 89.4 Å². The summed E-state index contributed by atoms with van der Waals surface area (Å²) in [7, 11) is 0. The number of hydrogen-bond donors (Lipinski definition) is 1. The van der Waals surface area contributed by atoms with E-state index >= 15 is 0 Å². The van der Waals surface area contributed by atoms with Gasteiger partial charge in [0, 0.05) is 11.8 Å². The first kappa shape index (κ1) is 13.5.